The molecule has 0 bridgehead atoms. The third-order valence-corrected chi connectivity index (χ3v) is 8.86. The van der Waals surface area contributed by atoms with Gasteiger partial charge in [0.25, 0.3) is 0 Å². The molecular formula is C38H43N3O5. The van der Waals surface area contributed by atoms with Gasteiger partial charge in [0.1, 0.15) is 0 Å². The zero-order chi connectivity index (χ0) is 31.7. The van der Waals surface area contributed by atoms with Crippen molar-refractivity contribution < 1.29 is 24.1 Å². The molecule has 2 aliphatic rings. The first-order valence-corrected chi connectivity index (χ1v) is 16.1. The van der Waals surface area contributed by atoms with Gasteiger partial charge < -0.3 is 30.0 Å². The van der Waals surface area contributed by atoms with Crippen LogP contribution >= 0.6 is 0 Å². The molecule has 2 saturated heterocycles. The summed E-state index contributed by atoms with van der Waals surface area (Å²) < 4.78 is 18.9. The first kappa shape index (κ1) is 31.9. The molecular weight excluding hydrogens is 578 g/mol. The zero-order valence-corrected chi connectivity index (χ0v) is 26.3. The monoisotopic (exact) mass is 621 g/mol. The first-order valence-electron chi connectivity index (χ1n) is 16.1. The van der Waals surface area contributed by atoms with Gasteiger partial charge in [-0.1, -0.05) is 104 Å². The number of hydrogen-bond acceptors (Lipinski definition) is 6. The topological polar surface area (TPSA) is 92.3 Å². The van der Waals surface area contributed by atoms with Crippen LogP contribution in [0.3, 0.4) is 0 Å². The smallest absolute Gasteiger partial charge is 0.315 e. The number of ether oxygens (including phenoxy) is 3. The summed E-state index contributed by atoms with van der Waals surface area (Å²) >= 11 is 0. The largest absolute Gasteiger partial charge is 0.392 e. The third-order valence-electron chi connectivity index (χ3n) is 8.86. The second-order valence-corrected chi connectivity index (χ2v) is 12.1. The summed E-state index contributed by atoms with van der Waals surface area (Å²) in [5.74, 6) is 0.134. The van der Waals surface area contributed by atoms with E-state index in [1.807, 2.05) is 54.6 Å². The Kier molecular flexibility index (Phi) is 10.7. The van der Waals surface area contributed by atoms with Crippen LogP contribution in [-0.2, 0) is 33.9 Å². The van der Waals surface area contributed by atoms with E-state index in [1.54, 1.807) is 0 Å². The van der Waals surface area contributed by atoms with Crippen molar-refractivity contribution in [1.29, 1.82) is 0 Å². The molecule has 6 rings (SSSR count). The zero-order valence-electron chi connectivity index (χ0n) is 26.3. The fourth-order valence-corrected chi connectivity index (χ4v) is 6.08. The Bertz CT molecular complexity index is 1540. The highest BCUT2D eigenvalue weighted by atomic mass is 16.7. The lowest BCUT2D eigenvalue weighted by molar-refractivity contribution is -0.277. The predicted octanol–water partition coefficient (Wildman–Crippen LogP) is 5.97. The van der Waals surface area contributed by atoms with Gasteiger partial charge in [0.05, 0.1) is 32.0 Å². The minimum Gasteiger partial charge on any atom is -0.392 e. The lowest BCUT2D eigenvalue weighted by Crippen LogP contribution is -2.47. The van der Waals surface area contributed by atoms with E-state index in [1.165, 1.54) is 0 Å². The van der Waals surface area contributed by atoms with Crippen molar-refractivity contribution in [2.45, 2.75) is 45.1 Å². The van der Waals surface area contributed by atoms with Gasteiger partial charge in [0.15, 0.2) is 6.29 Å². The first-order chi connectivity index (χ1) is 22.6. The number of rotatable bonds is 10. The van der Waals surface area contributed by atoms with Crippen molar-refractivity contribution >= 4 is 6.03 Å². The predicted molar refractivity (Wildman–Crippen MR) is 178 cm³/mol. The van der Waals surface area contributed by atoms with Gasteiger partial charge in [-0.05, 0) is 39.4 Å². The van der Waals surface area contributed by atoms with Gasteiger partial charge in [-0.2, -0.15) is 0 Å². The number of aliphatic hydroxyl groups excluding tert-OH is 1. The van der Waals surface area contributed by atoms with Crippen molar-refractivity contribution in [2.24, 2.45) is 5.92 Å². The molecule has 8 nitrogen and oxygen atoms in total. The van der Waals surface area contributed by atoms with E-state index >= 15 is 0 Å². The number of amides is 2. The molecule has 2 aliphatic heterocycles. The van der Waals surface area contributed by atoms with E-state index in [2.05, 4.69) is 71.0 Å². The van der Waals surface area contributed by atoms with Crippen LogP contribution in [0.4, 0.5) is 4.79 Å². The van der Waals surface area contributed by atoms with Crippen LogP contribution in [0.15, 0.2) is 103 Å². The number of aliphatic hydroxyl groups is 1. The molecule has 8 heteroatoms. The van der Waals surface area contributed by atoms with Crippen LogP contribution in [0.2, 0.25) is 0 Å². The van der Waals surface area contributed by atoms with E-state index in [9.17, 15) is 9.90 Å². The lowest BCUT2D eigenvalue weighted by atomic mass is 9.90. The molecule has 2 heterocycles. The average molecular weight is 622 g/mol. The van der Waals surface area contributed by atoms with Crippen LogP contribution in [0.5, 0.6) is 0 Å². The molecule has 4 aromatic carbocycles. The number of carbonyl (C=O) groups is 1. The standard InChI is InChI=1S/C38H43N3O5/c1-27-35(25-41-18-20-44-21-19-41)45-37(46-36(27)32-12-10-29(26-42)11-13-32)33-16-14-31(15-17-33)34-9-5-8-30(22-34)24-40-38(43)39-23-28-6-3-2-4-7-28/h2-17,22,27,35-37,42H,18-21,23-26H2,1H3,(H2,39,40,43)/t27-,35+,36+,37+/m1/s1. The molecule has 2 fully saturated rings. The maximum absolute atomic E-state index is 12.4. The van der Waals surface area contributed by atoms with Crippen LogP contribution in [0.25, 0.3) is 11.1 Å². The Morgan fingerprint density at radius 1 is 0.761 bits per heavy atom. The van der Waals surface area contributed by atoms with Gasteiger partial charge in [-0.15, -0.1) is 0 Å². The summed E-state index contributed by atoms with van der Waals surface area (Å²) in [4.78, 5) is 14.8. The molecule has 0 radical (unpaired) electrons. The van der Waals surface area contributed by atoms with Gasteiger partial charge >= 0.3 is 6.03 Å². The molecule has 0 aliphatic carbocycles. The molecule has 3 N–H and O–H groups in total. The van der Waals surface area contributed by atoms with E-state index in [-0.39, 0.29) is 30.8 Å². The van der Waals surface area contributed by atoms with E-state index in [4.69, 9.17) is 14.2 Å². The number of nitrogens with zero attached hydrogens (tertiary/aromatic N) is 1. The average Bonchev–Trinajstić information content (AvgIpc) is 3.12. The molecule has 0 unspecified atom stereocenters. The second-order valence-electron chi connectivity index (χ2n) is 12.1. The fraction of sp³-hybridized carbons (Fsp3) is 0.342. The van der Waals surface area contributed by atoms with E-state index in [0.717, 1.165) is 71.8 Å². The lowest BCUT2D eigenvalue weighted by Gasteiger charge is -2.43. The normalized spacial score (nSPS) is 21.9. The molecule has 240 valence electrons. The summed E-state index contributed by atoms with van der Waals surface area (Å²) in [6.45, 7) is 7.23. The number of carbonyl (C=O) groups excluding carboxylic acids is 1. The summed E-state index contributed by atoms with van der Waals surface area (Å²) in [7, 11) is 0. The highest BCUT2D eigenvalue weighted by molar-refractivity contribution is 5.74. The SMILES string of the molecule is C[C@@H]1[C@H](CN2CCOCC2)O[C@H](c2ccc(-c3cccc(CNC(=O)NCc4ccccc4)c3)cc2)O[C@@H]1c1ccc(CO)cc1. The quantitative estimate of drug-likeness (QED) is 0.202. The molecule has 2 amide bonds. The molecule has 46 heavy (non-hydrogen) atoms. The second kappa shape index (κ2) is 15.5. The van der Waals surface area contributed by atoms with Crippen LogP contribution in [0.1, 0.15) is 47.1 Å². The summed E-state index contributed by atoms with van der Waals surface area (Å²) in [5.41, 5.74) is 7.15. The van der Waals surface area contributed by atoms with Crippen molar-refractivity contribution in [1.82, 2.24) is 15.5 Å². The van der Waals surface area contributed by atoms with Crippen molar-refractivity contribution in [3.8, 4) is 11.1 Å². The molecule has 0 saturated carbocycles. The number of morpholine rings is 1. The van der Waals surface area contributed by atoms with Gasteiger partial charge in [0.2, 0.25) is 0 Å². The fourth-order valence-electron chi connectivity index (χ4n) is 6.08. The van der Waals surface area contributed by atoms with Crippen LogP contribution < -0.4 is 10.6 Å². The number of benzene rings is 4. The summed E-state index contributed by atoms with van der Waals surface area (Å²) in [5, 5.41) is 15.4. The molecule has 0 spiro atoms. The minimum atomic E-state index is -0.510. The Balaban J connectivity index is 1.12. The molecule has 4 atom stereocenters. The van der Waals surface area contributed by atoms with Crippen LogP contribution in [-0.4, -0.2) is 55.0 Å². The highest BCUT2D eigenvalue weighted by Crippen LogP contribution is 2.42. The van der Waals surface area contributed by atoms with Gasteiger partial charge in [-0.3, -0.25) is 4.90 Å². The maximum Gasteiger partial charge on any atom is 0.315 e. The Hall–Kier alpha value is -4.05. The number of nitrogens with one attached hydrogen (secondary N) is 2. The Morgan fingerprint density at radius 2 is 1.43 bits per heavy atom. The van der Waals surface area contributed by atoms with E-state index in [0.29, 0.717) is 13.1 Å². The molecule has 4 aromatic rings. The number of hydrogen-bond donors (Lipinski definition) is 3. The van der Waals surface area contributed by atoms with Crippen molar-refractivity contribution in [3.63, 3.8) is 0 Å². The molecule has 0 aromatic heterocycles. The maximum atomic E-state index is 12.4. The van der Waals surface area contributed by atoms with Gasteiger partial charge in [0, 0.05) is 44.2 Å². The van der Waals surface area contributed by atoms with Crippen molar-refractivity contribution in [2.75, 3.05) is 32.8 Å². The highest BCUT2D eigenvalue weighted by Gasteiger charge is 2.39. The number of urea groups is 1. The van der Waals surface area contributed by atoms with E-state index < -0.39 is 6.29 Å². The minimum absolute atomic E-state index is 0.0165. The van der Waals surface area contributed by atoms with Gasteiger partial charge in [-0.25, -0.2) is 4.79 Å². The summed E-state index contributed by atoms with van der Waals surface area (Å²) in [6.07, 6.45) is -0.678. The summed E-state index contributed by atoms with van der Waals surface area (Å²) in [6, 6.07) is 34.3. The Labute approximate surface area is 271 Å². The van der Waals surface area contributed by atoms with Crippen LogP contribution in [0, 0.1) is 5.92 Å². The van der Waals surface area contributed by atoms with Crippen molar-refractivity contribution in [3.05, 3.63) is 131 Å². The Morgan fingerprint density at radius 3 is 2.15 bits per heavy atom. The third kappa shape index (κ3) is 8.20.